The van der Waals surface area contributed by atoms with Gasteiger partial charge in [-0.3, -0.25) is 4.79 Å². The zero-order valence-electron chi connectivity index (χ0n) is 19.3. The summed E-state index contributed by atoms with van der Waals surface area (Å²) in [5, 5.41) is 5.94. The smallest absolute Gasteiger partial charge is 0.224 e. The molecule has 7 heteroatoms. The molecule has 3 aromatic carbocycles. The van der Waals surface area contributed by atoms with Crippen LogP contribution >= 0.6 is 11.3 Å². The van der Waals surface area contributed by atoms with Gasteiger partial charge in [-0.1, -0.05) is 36.4 Å². The molecule has 1 heterocycles. The van der Waals surface area contributed by atoms with Gasteiger partial charge in [-0.05, 0) is 41.5 Å². The molecular weight excluding hydrogens is 448 g/mol. The van der Waals surface area contributed by atoms with Crippen molar-refractivity contribution in [3.8, 4) is 39.1 Å². The number of ether oxygens (including phenoxy) is 3. The fourth-order valence-corrected chi connectivity index (χ4v) is 4.33. The van der Waals surface area contributed by atoms with E-state index in [0.717, 1.165) is 38.7 Å². The molecule has 0 fully saturated rings. The molecule has 1 amide bonds. The van der Waals surface area contributed by atoms with Crippen LogP contribution in [0.25, 0.3) is 21.8 Å². The van der Waals surface area contributed by atoms with E-state index in [9.17, 15) is 4.79 Å². The van der Waals surface area contributed by atoms with Gasteiger partial charge < -0.3 is 19.5 Å². The molecule has 6 nitrogen and oxygen atoms in total. The van der Waals surface area contributed by atoms with Crippen LogP contribution in [-0.2, 0) is 17.8 Å². The second-order valence-corrected chi connectivity index (χ2v) is 8.46. The molecule has 0 spiro atoms. The van der Waals surface area contributed by atoms with Crippen LogP contribution < -0.4 is 19.5 Å². The first kappa shape index (κ1) is 23.3. The second-order valence-electron chi connectivity index (χ2n) is 7.61. The monoisotopic (exact) mass is 474 g/mol. The molecule has 0 bridgehead atoms. The number of hydrogen-bond acceptors (Lipinski definition) is 6. The van der Waals surface area contributed by atoms with E-state index in [1.807, 2.05) is 72.1 Å². The summed E-state index contributed by atoms with van der Waals surface area (Å²) in [6.45, 7) is 0.476. The van der Waals surface area contributed by atoms with Gasteiger partial charge in [-0.15, -0.1) is 11.3 Å². The van der Waals surface area contributed by atoms with Crippen molar-refractivity contribution in [1.82, 2.24) is 10.3 Å². The van der Waals surface area contributed by atoms with Gasteiger partial charge in [0.05, 0.1) is 33.4 Å². The summed E-state index contributed by atoms with van der Waals surface area (Å²) >= 11 is 1.59. The summed E-state index contributed by atoms with van der Waals surface area (Å²) in [5.74, 6) is 2.12. The van der Waals surface area contributed by atoms with Crippen LogP contribution in [0.4, 0.5) is 0 Å². The molecule has 4 aromatic rings. The van der Waals surface area contributed by atoms with Crippen LogP contribution in [0.2, 0.25) is 0 Å². The van der Waals surface area contributed by atoms with Crippen molar-refractivity contribution in [2.24, 2.45) is 0 Å². The lowest BCUT2D eigenvalue weighted by molar-refractivity contribution is -0.120. The molecule has 0 saturated heterocycles. The summed E-state index contributed by atoms with van der Waals surface area (Å²) in [6, 6.07) is 21.4. The average Bonchev–Trinajstić information content (AvgIpc) is 3.38. The predicted molar refractivity (Wildman–Crippen MR) is 135 cm³/mol. The lowest BCUT2D eigenvalue weighted by atomic mass is 10.1. The Balaban J connectivity index is 1.36. The van der Waals surface area contributed by atoms with Crippen molar-refractivity contribution in [3.05, 3.63) is 83.2 Å². The van der Waals surface area contributed by atoms with Gasteiger partial charge in [-0.2, -0.15) is 0 Å². The molecule has 0 atom stereocenters. The summed E-state index contributed by atoms with van der Waals surface area (Å²) in [7, 11) is 4.87. The normalized spacial score (nSPS) is 10.6. The van der Waals surface area contributed by atoms with E-state index in [0.29, 0.717) is 24.5 Å². The van der Waals surface area contributed by atoms with Crippen molar-refractivity contribution in [1.29, 1.82) is 0 Å². The highest BCUT2D eigenvalue weighted by atomic mass is 32.1. The first-order valence-electron chi connectivity index (χ1n) is 10.8. The molecule has 0 unspecified atom stereocenters. The number of carbonyl (C=O) groups excluding carboxylic acids is 1. The number of aromatic nitrogens is 1. The Bertz CT molecular complexity index is 1250. The molecule has 0 aliphatic heterocycles. The van der Waals surface area contributed by atoms with E-state index in [1.165, 1.54) is 0 Å². The fourth-order valence-electron chi connectivity index (χ4n) is 3.49. The van der Waals surface area contributed by atoms with Crippen molar-refractivity contribution in [3.63, 3.8) is 0 Å². The maximum atomic E-state index is 12.3. The van der Waals surface area contributed by atoms with Crippen LogP contribution in [0.1, 0.15) is 11.1 Å². The van der Waals surface area contributed by atoms with Crippen LogP contribution in [0.15, 0.2) is 72.1 Å². The zero-order chi connectivity index (χ0) is 23.9. The third-order valence-electron chi connectivity index (χ3n) is 5.40. The number of benzene rings is 3. The number of rotatable bonds is 9. The van der Waals surface area contributed by atoms with Gasteiger partial charge in [0.15, 0.2) is 11.5 Å². The standard InChI is InChI=1S/C27H26N2O4S/c1-31-22-11-6-18(7-12-22)14-26(30)28-16-19-4-8-20(9-5-19)27-29-23(17-34-27)21-10-13-24(32-2)25(15-21)33-3/h4-13,15,17H,14,16H2,1-3H3,(H,28,30). The second kappa shape index (κ2) is 10.9. The first-order chi connectivity index (χ1) is 16.6. The number of nitrogens with zero attached hydrogens (tertiary/aromatic N) is 1. The van der Waals surface area contributed by atoms with Crippen LogP contribution in [0.5, 0.6) is 17.2 Å². The van der Waals surface area contributed by atoms with Crippen molar-refractivity contribution >= 4 is 17.2 Å². The Morgan fingerprint density at radius 3 is 2.18 bits per heavy atom. The van der Waals surface area contributed by atoms with Crippen molar-refractivity contribution in [2.45, 2.75) is 13.0 Å². The number of thiazole rings is 1. The molecule has 1 aromatic heterocycles. The maximum Gasteiger partial charge on any atom is 0.224 e. The Kier molecular flexibility index (Phi) is 7.44. The van der Waals surface area contributed by atoms with Gasteiger partial charge in [0.2, 0.25) is 5.91 Å². The number of hydrogen-bond donors (Lipinski definition) is 1. The van der Waals surface area contributed by atoms with E-state index >= 15 is 0 Å². The molecule has 34 heavy (non-hydrogen) atoms. The molecule has 0 radical (unpaired) electrons. The van der Waals surface area contributed by atoms with Gasteiger partial charge in [0, 0.05) is 23.1 Å². The lowest BCUT2D eigenvalue weighted by Crippen LogP contribution is -2.24. The number of amides is 1. The van der Waals surface area contributed by atoms with Crippen LogP contribution in [0.3, 0.4) is 0 Å². The Labute approximate surface area is 203 Å². The molecule has 174 valence electrons. The summed E-state index contributed by atoms with van der Waals surface area (Å²) in [6.07, 6.45) is 0.333. The topological polar surface area (TPSA) is 69.7 Å². The van der Waals surface area contributed by atoms with E-state index in [1.54, 1.807) is 32.7 Å². The molecule has 4 rings (SSSR count). The maximum absolute atomic E-state index is 12.3. The van der Waals surface area contributed by atoms with E-state index in [-0.39, 0.29) is 5.91 Å². The Hall–Kier alpha value is -3.84. The Morgan fingerprint density at radius 1 is 0.824 bits per heavy atom. The minimum atomic E-state index is -0.0197. The fraction of sp³-hybridized carbons (Fsp3) is 0.185. The molecule has 0 aliphatic carbocycles. The minimum Gasteiger partial charge on any atom is -0.497 e. The highest BCUT2D eigenvalue weighted by molar-refractivity contribution is 7.13. The summed E-state index contributed by atoms with van der Waals surface area (Å²) < 4.78 is 15.9. The summed E-state index contributed by atoms with van der Waals surface area (Å²) in [5.41, 5.74) is 4.86. The molecule has 1 N–H and O–H groups in total. The largest absolute Gasteiger partial charge is 0.497 e. The SMILES string of the molecule is COc1ccc(CC(=O)NCc2ccc(-c3nc(-c4ccc(OC)c(OC)c4)cs3)cc2)cc1. The molecule has 0 saturated carbocycles. The molecule has 0 aliphatic rings. The van der Waals surface area contributed by atoms with Crippen molar-refractivity contribution < 1.29 is 19.0 Å². The third-order valence-corrected chi connectivity index (χ3v) is 6.29. The lowest BCUT2D eigenvalue weighted by Gasteiger charge is -2.08. The average molecular weight is 475 g/mol. The van der Waals surface area contributed by atoms with Crippen LogP contribution in [-0.4, -0.2) is 32.2 Å². The van der Waals surface area contributed by atoms with Gasteiger partial charge in [-0.25, -0.2) is 4.98 Å². The minimum absolute atomic E-state index is 0.0197. The highest BCUT2D eigenvalue weighted by Crippen LogP contribution is 2.34. The van der Waals surface area contributed by atoms with Gasteiger partial charge in [0.25, 0.3) is 0 Å². The van der Waals surface area contributed by atoms with Crippen molar-refractivity contribution in [2.75, 3.05) is 21.3 Å². The summed E-state index contributed by atoms with van der Waals surface area (Å²) in [4.78, 5) is 17.1. The first-order valence-corrected chi connectivity index (χ1v) is 11.6. The quantitative estimate of drug-likeness (QED) is 0.354. The number of nitrogens with one attached hydrogen (secondary N) is 1. The van der Waals surface area contributed by atoms with E-state index < -0.39 is 0 Å². The van der Waals surface area contributed by atoms with Gasteiger partial charge in [0.1, 0.15) is 10.8 Å². The van der Waals surface area contributed by atoms with Gasteiger partial charge >= 0.3 is 0 Å². The predicted octanol–water partition coefficient (Wildman–Crippen LogP) is 5.36. The van der Waals surface area contributed by atoms with Crippen LogP contribution in [0, 0.1) is 0 Å². The van der Waals surface area contributed by atoms with E-state index in [4.69, 9.17) is 19.2 Å². The highest BCUT2D eigenvalue weighted by Gasteiger charge is 2.11. The van der Waals surface area contributed by atoms with E-state index in [2.05, 4.69) is 5.32 Å². The molecular formula is C27H26N2O4S. The number of carbonyl (C=O) groups is 1. The Morgan fingerprint density at radius 2 is 1.50 bits per heavy atom. The zero-order valence-corrected chi connectivity index (χ0v) is 20.1. The third kappa shape index (κ3) is 5.55. The number of methoxy groups -OCH3 is 3.